The Labute approximate surface area is 128 Å². The molecule has 0 aliphatic rings. The molecule has 1 atom stereocenters. The molecule has 0 radical (unpaired) electrons. The summed E-state index contributed by atoms with van der Waals surface area (Å²) in [6, 6.07) is 14.4. The van der Waals surface area contributed by atoms with E-state index in [1.165, 1.54) is 11.1 Å². The minimum atomic E-state index is 0.181. The average molecular weight is 298 g/mol. The molecule has 0 aliphatic heterocycles. The van der Waals surface area contributed by atoms with Crippen molar-refractivity contribution in [2.75, 3.05) is 0 Å². The summed E-state index contributed by atoms with van der Waals surface area (Å²) in [6.45, 7) is 4.13. The van der Waals surface area contributed by atoms with Crippen molar-refractivity contribution >= 4 is 22.9 Å². The van der Waals surface area contributed by atoms with Crippen molar-refractivity contribution in [2.24, 2.45) is 5.73 Å². The molecule has 3 aromatic rings. The smallest absolute Gasteiger partial charge is 0.261 e. The van der Waals surface area contributed by atoms with Crippen LogP contribution >= 0.6 is 11.8 Å². The van der Waals surface area contributed by atoms with Gasteiger partial charge in [0.25, 0.3) is 5.22 Å². The summed E-state index contributed by atoms with van der Waals surface area (Å²) >= 11 is 1.56. The van der Waals surface area contributed by atoms with Crippen molar-refractivity contribution in [3.05, 3.63) is 53.6 Å². The van der Waals surface area contributed by atoms with E-state index in [2.05, 4.69) is 30.1 Å². The summed E-state index contributed by atoms with van der Waals surface area (Å²) in [5.41, 5.74) is 10.1. The quantitative estimate of drug-likeness (QED) is 0.785. The lowest BCUT2D eigenvalue weighted by Crippen LogP contribution is -2.17. The standard InChI is InChI=1S/C17H18N2OS/c1-11-9-13(10-12(2)18)7-8-16(11)21-17-19-14-5-3-4-6-15(14)20-17/h3-9,12H,10,18H2,1-2H3. The third-order valence-corrected chi connectivity index (χ3v) is 4.30. The molecule has 2 N–H and O–H groups in total. The molecule has 0 fully saturated rings. The van der Waals surface area contributed by atoms with Gasteiger partial charge >= 0.3 is 0 Å². The van der Waals surface area contributed by atoms with Gasteiger partial charge in [0.2, 0.25) is 0 Å². The first-order chi connectivity index (χ1) is 10.1. The second kappa shape index (κ2) is 5.92. The molecule has 1 unspecified atom stereocenters. The summed E-state index contributed by atoms with van der Waals surface area (Å²) in [5, 5.41) is 0.680. The number of hydrogen-bond acceptors (Lipinski definition) is 4. The zero-order valence-corrected chi connectivity index (χ0v) is 13.0. The summed E-state index contributed by atoms with van der Waals surface area (Å²) in [5.74, 6) is 0. The Hall–Kier alpha value is -1.78. The molecule has 2 aromatic carbocycles. The molecule has 3 nitrogen and oxygen atoms in total. The molecule has 0 spiro atoms. The van der Waals surface area contributed by atoms with Crippen LogP contribution in [0.3, 0.4) is 0 Å². The second-order valence-corrected chi connectivity index (χ2v) is 6.32. The van der Waals surface area contributed by atoms with Crippen LogP contribution in [-0.2, 0) is 6.42 Å². The number of nitrogens with two attached hydrogens (primary N) is 1. The topological polar surface area (TPSA) is 52.0 Å². The van der Waals surface area contributed by atoms with Gasteiger partial charge in [0, 0.05) is 10.9 Å². The van der Waals surface area contributed by atoms with Gasteiger partial charge in [0.05, 0.1) is 0 Å². The first kappa shape index (κ1) is 14.2. The summed E-state index contributed by atoms with van der Waals surface area (Å²) < 4.78 is 5.75. The summed E-state index contributed by atoms with van der Waals surface area (Å²) in [4.78, 5) is 5.66. The predicted molar refractivity (Wildman–Crippen MR) is 86.7 cm³/mol. The monoisotopic (exact) mass is 298 g/mol. The molecule has 108 valence electrons. The number of hydrogen-bond donors (Lipinski definition) is 1. The maximum atomic E-state index is 5.85. The first-order valence-corrected chi connectivity index (χ1v) is 7.82. The Kier molecular flexibility index (Phi) is 3.99. The van der Waals surface area contributed by atoms with Gasteiger partial charge in [-0.05, 0) is 61.4 Å². The lowest BCUT2D eigenvalue weighted by atomic mass is 10.1. The number of nitrogens with zero attached hydrogens (tertiary/aromatic N) is 1. The number of para-hydroxylation sites is 2. The van der Waals surface area contributed by atoms with E-state index in [-0.39, 0.29) is 6.04 Å². The van der Waals surface area contributed by atoms with Gasteiger partial charge in [0.1, 0.15) is 5.52 Å². The van der Waals surface area contributed by atoms with E-state index in [1.54, 1.807) is 11.8 Å². The van der Waals surface area contributed by atoms with Gasteiger partial charge in [0.15, 0.2) is 5.58 Å². The van der Waals surface area contributed by atoms with Gasteiger partial charge in [-0.25, -0.2) is 4.98 Å². The van der Waals surface area contributed by atoms with Crippen LogP contribution < -0.4 is 5.73 Å². The van der Waals surface area contributed by atoms with Crippen molar-refractivity contribution in [2.45, 2.75) is 36.4 Å². The zero-order chi connectivity index (χ0) is 14.8. The van der Waals surface area contributed by atoms with Crippen LogP contribution in [0, 0.1) is 6.92 Å². The Balaban J connectivity index is 1.84. The summed E-state index contributed by atoms with van der Waals surface area (Å²) in [7, 11) is 0. The summed E-state index contributed by atoms with van der Waals surface area (Å²) in [6.07, 6.45) is 0.897. The lowest BCUT2D eigenvalue weighted by Gasteiger charge is -2.08. The third kappa shape index (κ3) is 3.28. The van der Waals surface area contributed by atoms with Gasteiger partial charge < -0.3 is 10.2 Å². The van der Waals surface area contributed by atoms with Crippen molar-refractivity contribution in [1.29, 1.82) is 0 Å². The molecule has 4 heteroatoms. The molecule has 0 aliphatic carbocycles. The number of benzene rings is 2. The molecule has 0 amide bonds. The van der Waals surface area contributed by atoms with Gasteiger partial charge in [-0.3, -0.25) is 0 Å². The molecule has 0 saturated heterocycles. The van der Waals surface area contributed by atoms with Crippen molar-refractivity contribution in [3.8, 4) is 0 Å². The van der Waals surface area contributed by atoms with Gasteiger partial charge in [-0.1, -0.05) is 24.3 Å². The van der Waals surface area contributed by atoms with E-state index in [0.717, 1.165) is 22.4 Å². The normalized spacial score (nSPS) is 12.7. The fourth-order valence-electron chi connectivity index (χ4n) is 2.31. The molecular weight excluding hydrogens is 280 g/mol. The van der Waals surface area contributed by atoms with E-state index in [9.17, 15) is 0 Å². The Morgan fingerprint density at radius 1 is 1.24 bits per heavy atom. The van der Waals surface area contributed by atoms with Crippen LogP contribution in [0.1, 0.15) is 18.1 Å². The highest BCUT2D eigenvalue weighted by molar-refractivity contribution is 7.99. The second-order valence-electron chi connectivity index (χ2n) is 5.33. The van der Waals surface area contributed by atoms with Gasteiger partial charge in [-0.2, -0.15) is 0 Å². The molecule has 0 saturated carbocycles. The molecule has 0 bridgehead atoms. The van der Waals surface area contributed by atoms with Crippen molar-refractivity contribution < 1.29 is 4.42 Å². The first-order valence-electron chi connectivity index (χ1n) is 7.00. The largest absolute Gasteiger partial charge is 0.431 e. The molecule has 21 heavy (non-hydrogen) atoms. The molecule has 3 rings (SSSR count). The van der Waals surface area contributed by atoms with Crippen LogP contribution in [0.4, 0.5) is 0 Å². The van der Waals surface area contributed by atoms with E-state index >= 15 is 0 Å². The fourth-order valence-corrected chi connectivity index (χ4v) is 3.13. The lowest BCUT2D eigenvalue weighted by molar-refractivity contribution is 0.489. The van der Waals surface area contributed by atoms with Gasteiger partial charge in [-0.15, -0.1) is 0 Å². The molecule has 1 aromatic heterocycles. The number of rotatable bonds is 4. The van der Waals surface area contributed by atoms with E-state index < -0.39 is 0 Å². The highest BCUT2D eigenvalue weighted by Gasteiger charge is 2.09. The average Bonchev–Trinajstić information content (AvgIpc) is 2.83. The van der Waals surface area contributed by atoms with Crippen LogP contribution in [0.5, 0.6) is 0 Å². The third-order valence-electron chi connectivity index (χ3n) is 3.27. The Bertz CT molecular complexity index is 731. The number of oxazole rings is 1. The van der Waals surface area contributed by atoms with Crippen LogP contribution in [-0.4, -0.2) is 11.0 Å². The number of aryl methyl sites for hydroxylation is 1. The maximum Gasteiger partial charge on any atom is 0.261 e. The van der Waals surface area contributed by atoms with Crippen molar-refractivity contribution in [3.63, 3.8) is 0 Å². The Morgan fingerprint density at radius 3 is 2.76 bits per heavy atom. The highest BCUT2D eigenvalue weighted by atomic mass is 32.2. The maximum absolute atomic E-state index is 5.85. The van der Waals surface area contributed by atoms with E-state index in [4.69, 9.17) is 10.2 Å². The SMILES string of the molecule is Cc1cc(CC(C)N)ccc1Sc1nc2ccccc2o1. The Morgan fingerprint density at radius 2 is 2.05 bits per heavy atom. The van der Waals surface area contributed by atoms with E-state index in [0.29, 0.717) is 5.22 Å². The van der Waals surface area contributed by atoms with E-state index in [1.807, 2.05) is 31.2 Å². The van der Waals surface area contributed by atoms with Crippen LogP contribution in [0.25, 0.3) is 11.1 Å². The number of aromatic nitrogens is 1. The number of fused-ring (bicyclic) bond motifs is 1. The minimum Gasteiger partial charge on any atom is -0.431 e. The van der Waals surface area contributed by atoms with Crippen molar-refractivity contribution in [1.82, 2.24) is 4.98 Å². The fraction of sp³-hybridized carbons (Fsp3) is 0.235. The predicted octanol–water partition coefficient (Wildman–Crippen LogP) is 4.18. The zero-order valence-electron chi connectivity index (χ0n) is 12.2. The highest BCUT2D eigenvalue weighted by Crippen LogP contribution is 2.32. The molecular formula is C17H18N2OS. The molecule has 1 heterocycles. The van der Waals surface area contributed by atoms with Crippen LogP contribution in [0.2, 0.25) is 0 Å². The minimum absolute atomic E-state index is 0.181. The van der Waals surface area contributed by atoms with Crippen LogP contribution in [0.15, 0.2) is 57.0 Å².